The third-order valence-electron chi connectivity index (χ3n) is 2.32. The van der Waals surface area contributed by atoms with Crippen molar-refractivity contribution in [1.82, 2.24) is 5.32 Å². The summed E-state index contributed by atoms with van der Waals surface area (Å²) < 4.78 is 0. The number of carbonyl (C=O) groups excluding carboxylic acids is 1. The van der Waals surface area contributed by atoms with Crippen LogP contribution in [0.2, 0.25) is 0 Å². The highest BCUT2D eigenvalue weighted by Crippen LogP contribution is 2.21. The zero-order chi connectivity index (χ0) is 13.8. The fourth-order valence-corrected chi connectivity index (χ4v) is 2.92. The van der Waals surface area contributed by atoms with Crippen LogP contribution in [-0.4, -0.2) is 33.1 Å². The van der Waals surface area contributed by atoms with Crippen molar-refractivity contribution in [2.24, 2.45) is 10.2 Å². The fraction of sp³-hybridized carbons (Fsp3) is 0.273. The number of nitrogens with one attached hydrogen (secondary N) is 1. The molecule has 2 heterocycles. The van der Waals surface area contributed by atoms with Crippen molar-refractivity contribution >= 4 is 45.9 Å². The summed E-state index contributed by atoms with van der Waals surface area (Å²) in [7, 11) is 0. The van der Waals surface area contributed by atoms with Crippen LogP contribution in [0.3, 0.4) is 0 Å². The Morgan fingerprint density at radius 2 is 2.37 bits per heavy atom. The molecule has 0 spiro atoms. The van der Waals surface area contributed by atoms with E-state index in [9.17, 15) is 9.59 Å². The third kappa shape index (κ3) is 3.65. The molecule has 1 amide bonds. The molecule has 6 nitrogen and oxygen atoms in total. The summed E-state index contributed by atoms with van der Waals surface area (Å²) in [6, 6.07) is 3.82. The van der Waals surface area contributed by atoms with E-state index in [1.807, 2.05) is 17.5 Å². The Balaban J connectivity index is 2.12. The van der Waals surface area contributed by atoms with E-state index >= 15 is 0 Å². The first-order valence-electron chi connectivity index (χ1n) is 5.41. The molecule has 2 rings (SSSR count). The fourth-order valence-electron chi connectivity index (χ4n) is 1.38. The molecule has 100 valence electrons. The molecule has 1 aliphatic rings. The molecule has 1 aliphatic heterocycles. The molecule has 1 fully saturated rings. The van der Waals surface area contributed by atoms with E-state index in [1.165, 1.54) is 11.3 Å². The van der Waals surface area contributed by atoms with Crippen molar-refractivity contribution in [1.29, 1.82) is 0 Å². The van der Waals surface area contributed by atoms with Crippen LogP contribution >= 0.6 is 23.1 Å². The standard InChI is InChI=1S/C11H11N3O3S2/c1-6(7-3-2-4-18-7)13-14-11-12-9(15)5-8(19-11)10(16)17/h2-4,8H,5H2,1H3,(H,16,17)(H,12,14,15). The number of rotatable bonds is 3. The second-order valence-electron chi connectivity index (χ2n) is 3.76. The monoisotopic (exact) mass is 297 g/mol. The summed E-state index contributed by atoms with van der Waals surface area (Å²) in [5.74, 6) is -1.37. The number of hydrogen-bond acceptors (Lipinski definition) is 6. The van der Waals surface area contributed by atoms with Crippen LogP contribution in [0.15, 0.2) is 27.7 Å². The van der Waals surface area contributed by atoms with Crippen molar-refractivity contribution in [3.63, 3.8) is 0 Å². The molecular formula is C11H11N3O3S2. The topological polar surface area (TPSA) is 91.1 Å². The maximum absolute atomic E-state index is 11.3. The smallest absolute Gasteiger partial charge is 0.317 e. The molecule has 1 saturated heterocycles. The number of amidine groups is 1. The highest BCUT2D eigenvalue weighted by atomic mass is 32.2. The van der Waals surface area contributed by atoms with Gasteiger partial charge in [-0.25, -0.2) is 0 Å². The van der Waals surface area contributed by atoms with Gasteiger partial charge in [0.05, 0.1) is 10.6 Å². The summed E-state index contributed by atoms with van der Waals surface area (Å²) in [4.78, 5) is 23.2. The van der Waals surface area contributed by atoms with Crippen molar-refractivity contribution in [3.8, 4) is 0 Å². The Kier molecular flexibility index (Phi) is 4.33. The first-order chi connectivity index (χ1) is 9.06. The summed E-state index contributed by atoms with van der Waals surface area (Å²) in [5, 5.41) is 20.7. The Bertz CT molecular complexity index is 552. The molecule has 0 saturated carbocycles. The van der Waals surface area contributed by atoms with Gasteiger partial charge >= 0.3 is 5.97 Å². The van der Waals surface area contributed by atoms with Gasteiger partial charge in [-0.2, -0.15) is 5.10 Å². The SMILES string of the molecule is CC(=N/N=C1\NC(=O)CC(C(=O)O)S1)c1cccs1. The maximum Gasteiger partial charge on any atom is 0.317 e. The van der Waals surface area contributed by atoms with Crippen LogP contribution in [0, 0.1) is 0 Å². The molecule has 0 radical (unpaired) electrons. The minimum Gasteiger partial charge on any atom is -0.480 e. The first kappa shape index (κ1) is 13.8. The predicted molar refractivity (Wildman–Crippen MR) is 75.7 cm³/mol. The van der Waals surface area contributed by atoms with E-state index in [0.29, 0.717) is 0 Å². The normalized spacial score (nSPS) is 22.4. The second-order valence-corrected chi connectivity index (χ2v) is 5.90. The largest absolute Gasteiger partial charge is 0.480 e. The van der Waals surface area contributed by atoms with Crippen LogP contribution in [0.4, 0.5) is 0 Å². The number of amides is 1. The van der Waals surface area contributed by atoms with E-state index < -0.39 is 11.2 Å². The van der Waals surface area contributed by atoms with Gasteiger partial charge in [0, 0.05) is 6.42 Å². The number of aliphatic carboxylic acids is 1. The van der Waals surface area contributed by atoms with Gasteiger partial charge in [-0.15, -0.1) is 16.4 Å². The average Bonchev–Trinajstić information content (AvgIpc) is 2.89. The predicted octanol–water partition coefficient (Wildman–Crippen LogP) is 1.53. The minimum absolute atomic E-state index is 0.0490. The van der Waals surface area contributed by atoms with Gasteiger partial charge in [0.2, 0.25) is 5.91 Å². The lowest BCUT2D eigenvalue weighted by atomic mass is 10.3. The van der Waals surface area contributed by atoms with Gasteiger partial charge in [0.1, 0.15) is 5.25 Å². The number of hydrogen-bond donors (Lipinski definition) is 2. The highest BCUT2D eigenvalue weighted by molar-refractivity contribution is 8.15. The van der Waals surface area contributed by atoms with Crippen LogP contribution in [0.1, 0.15) is 18.2 Å². The molecule has 1 atom stereocenters. The molecule has 0 aromatic carbocycles. The van der Waals surface area contributed by atoms with E-state index in [-0.39, 0.29) is 17.5 Å². The lowest BCUT2D eigenvalue weighted by molar-refractivity contribution is -0.138. The van der Waals surface area contributed by atoms with E-state index in [2.05, 4.69) is 15.5 Å². The Labute approximate surface area is 117 Å². The Morgan fingerprint density at radius 3 is 3.00 bits per heavy atom. The van der Waals surface area contributed by atoms with Crippen molar-refractivity contribution in [3.05, 3.63) is 22.4 Å². The van der Waals surface area contributed by atoms with Crippen LogP contribution in [0.5, 0.6) is 0 Å². The number of thiophene rings is 1. The third-order valence-corrected chi connectivity index (χ3v) is 4.35. The van der Waals surface area contributed by atoms with Gasteiger partial charge in [-0.3, -0.25) is 9.59 Å². The Hall–Kier alpha value is -1.67. The van der Waals surface area contributed by atoms with Gasteiger partial charge in [0.15, 0.2) is 5.17 Å². The molecule has 0 aliphatic carbocycles. The van der Waals surface area contributed by atoms with Gasteiger partial charge in [0.25, 0.3) is 0 Å². The lowest BCUT2D eigenvalue weighted by Crippen LogP contribution is -2.40. The zero-order valence-corrected chi connectivity index (χ0v) is 11.6. The zero-order valence-electron chi connectivity index (χ0n) is 9.99. The Morgan fingerprint density at radius 1 is 1.58 bits per heavy atom. The van der Waals surface area contributed by atoms with Crippen molar-refractivity contribution < 1.29 is 14.7 Å². The maximum atomic E-state index is 11.3. The van der Waals surface area contributed by atoms with Crippen molar-refractivity contribution in [2.75, 3.05) is 0 Å². The van der Waals surface area contributed by atoms with E-state index in [4.69, 9.17) is 5.11 Å². The van der Waals surface area contributed by atoms with Crippen LogP contribution in [-0.2, 0) is 9.59 Å². The lowest BCUT2D eigenvalue weighted by Gasteiger charge is -2.18. The van der Waals surface area contributed by atoms with E-state index in [0.717, 1.165) is 22.4 Å². The molecule has 19 heavy (non-hydrogen) atoms. The minimum atomic E-state index is -1.02. The number of thioether (sulfide) groups is 1. The van der Waals surface area contributed by atoms with Gasteiger partial charge < -0.3 is 10.4 Å². The summed E-state index contributed by atoms with van der Waals surface area (Å²) in [6.07, 6.45) is -0.0490. The molecule has 1 aromatic heterocycles. The summed E-state index contributed by atoms with van der Waals surface area (Å²) >= 11 is 2.53. The average molecular weight is 297 g/mol. The number of carboxylic acids is 1. The van der Waals surface area contributed by atoms with Gasteiger partial charge in [-0.1, -0.05) is 17.8 Å². The molecule has 1 unspecified atom stereocenters. The molecular weight excluding hydrogens is 286 g/mol. The quantitative estimate of drug-likeness (QED) is 0.654. The number of carboxylic acid groups (broad SMARTS) is 1. The first-order valence-corrected chi connectivity index (χ1v) is 7.17. The molecule has 0 bridgehead atoms. The second kappa shape index (κ2) is 5.98. The van der Waals surface area contributed by atoms with Crippen molar-refractivity contribution in [2.45, 2.75) is 18.6 Å². The molecule has 1 aromatic rings. The summed E-state index contributed by atoms with van der Waals surface area (Å²) in [6.45, 7) is 1.81. The number of carbonyl (C=O) groups is 2. The van der Waals surface area contributed by atoms with Gasteiger partial charge in [-0.05, 0) is 18.4 Å². The molecule has 2 N–H and O–H groups in total. The molecule has 8 heteroatoms. The number of nitrogens with zero attached hydrogens (tertiary/aromatic N) is 2. The summed E-state index contributed by atoms with van der Waals surface area (Å²) in [5.41, 5.74) is 0.717. The van der Waals surface area contributed by atoms with Crippen LogP contribution < -0.4 is 5.32 Å². The van der Waals surface area contributed by atoms with E-state index in [1.54, 1.807) is 6.92 Å². The van der Waals surface area contributed by atoms with Crippen LogP contribution in [0.25, 0.3) is 0 Å². The highest BCUT2D eigenvalue weighted by Gasteiger charge is 2.29.